The molecule has 0 saturated carbocycles. The summed E-state index contributed by atoms with van der Waals surface area (Å²) in [6, 6.07) is 26.2. The molecule has 3 aliphatic rings. The molecule has 1 atom stereocenters. The number of hydrogen-bond acceptors (Lipinski definition) is 8. The number of aromatic carboxylic acids is 1. The van der Waals surface area contributed by atoms with Crippen molar-refractivity contribution in [2.45, 2.75) is 63.9 Å². The number of anilines is 1. The summed E-state index contributed by atoms with van der Waals surface area (Å²) in [4.78, 5) is 52.5. The molecule has 0 aromatic heterocycles. The van der Waals surface area contributed by atoms with E-state index < -0.39 is 11.9 Å². The van der Waals surface area contributed by atoms with Crippen molar-refractivity contribution in [1.29, 1.82) is 0 Å². The van der Waals surface area contributed by atoms with E-state index in [1.54, 1.807) is 12.1 Å². The summed E-state index contributed by atoms with van der Waals surface area (Å²) in [7, 11) is 7.77. The van der Waals surface area contributed by atoms with E-state index in [9.17, 15) is 24.3 Å². The summed E-state index contributed by atoms with van der Waals surface area (Å²) < 4.78 is 19.7. The van der Waals surface area contributed by atoms with Crippen LogP contribution in [0.3, 0.4) is 0 Å². The van der Waals surface area contributed by atoms with Crippen molar-refractivity contribution in [3.05, 3.63) is 125 Å². The van der Waals surface area contributed by atoms with E-state index in [2.05, 4.69) is 10.6 Å². The summed E-state index contributed by atoms with van der Waals surface area (Å²) in [5.41, 5.74) is 4.84. The molecule has 2 heterocycles. The molecular weight excluding hydrogens is 785 g/mol. The molecule has 12 heteroatoms. The summed E-state index contributed by atoms with van der Waals surface area (Å²) in [6.07, 6.45) is 11.6. The van der Waals surface area contributed by atoms with Crippen LogP contribution in [0, 0.1) is 0 Å². The molecule has 0 spiro atoms. The topological polar surface area (TPSA) is 150 Å². The van der Waals surface area contributed by atoms with Gasteiger partial charge in [-0.1, -0.05) is 55.7 Å². The molecule has 0 bridgehead atoms. The molecule has 6 rings (SSSR count). The number of benzene rings is 4. The number of nitrogens with zero attached hydrogens (tertiary/aromatic N) is 2. The SMILES string of the molecule is CN(C)c1ccc2c(-c3cc(C(=O)NCCCCCC(=O)NCCCCCCOC4=CC(=O)O[C@@H](/C=C/c5ccccc5)C4)ccc3C(=O)O)c3ccc(=[N+](C)C)cc-3oc2c1. The Morgan fingerprint density at radius 1 is 0.855 bits per heavy atom. The molecule has 324 valence electrons. The third-order valence-corrected chi connectivity index (χ3v) is 10.8. The Balaban J connectivity index is 0.918. The Hall–Kier alpha value is -6.69. The first-order valence-electron chi connectivity index (χ1n) is 21.3. The van der Waals surface area contributed by atoms with E-state index in [0.717, 1.165) is 59.7 Å². The lowest BCUT2D eigenvalue weighted by molar-refractivity contribution is -0.143. The predicted molar refractivity (Wildman–Crippen MR) is 243 cm³/mol. The second-order valence-electron chi connectivity index (χ2n) is 15.9. The van der Waals surface area contributed by atoms with Crippen molar-refractivity contribution < 1.29 is 38.2 Å². The lowest BCUT2D eigenvalue weighted by Gasteiger charge is -2.21. The van der Waals surface area contributed by atoms with Gasteiger partial charge in [-0.2, -0.15) is 0 Å². The van der Waals surface area contributed by atoms with Gasteiger partial charge in [-0.3, -0.25) is 9.59 Å². The fraction of sp³-hybridized carbons (Fsp3) is 0.340. The van der Waals surface area contributed by atoms with Crippen molar-refractivity contribution in [3.8, 4) is 22.5 Å². The monoisotopic (exact) mass is 841 g/mol. The van der Waals surface area contributed by atoms with Crippen LogP contribution in [-0.4, -0.2) is 82.9 Å². The molecule has 3 aromatic rings. The highest BCUT2D eigenvalue weighted by molar-refractivity contribution is 6.09. The fourth-order valence-electron chi connectivity index (χ4n) is 7.39. The van der Waals surface area contributed by atoms with E-state index in [0.29, 0.717) is 79.2 Å². The number of hydrogen-bond donors (Lipinski definition) is 3. The molecule has 2 aliphatic heterocycles. The van der Waals surface area contributed by atoms with Crippen LogP contribution in [0.4, 0.5) is 5.69 Å². The highest BCUT2D eigenvalue weighted by Crippen LogP contribution is 2.42. The van der Waals surface area contributed by atoms with Crippen LogP contribution in [0.2, 0.25) is 0 Å². The van der Waals surface area contributed by atoms with Crippen LogP contribution in [0.25, 0.3) is 39.5 Å². The molecule has 1 aliphatic carbocycles. The molecule has 3 N–H and O–H groups in total. The smallest absolute Gasteiger partial charge is 0.336 e. The Kier molecular flexibility index (Phi) is 15.7. The van der Waals surface area contributed by atoms with Gasteiger partial charge in [0.25, 0.3) is 5.91 Å². The molecular formula is C50H57N4O8+. The normalized spacial score (nSPS) is 13.8. The Bertz CT molecular complexity index is 2480. The van der Waals surface area contributed by atoms with Gasteiger partial charge in [-0.05, 0) is 79.3 Å². The fourth-order valence-corrected chi connectivity index (χ4v) is 7.39. The largest absolute Gasteiger partial charge is 0.498 e. The van der Waals surface area contributed by atoms with E-state index in [-0.39, 0.29) is 23.5 Å². The standard InChI is InChI=1S/C50H56N4O8/c1-53(2)36-20-24-41-44(30-36)62-45-31-37(54(3)4)21-25-42(45)48(41)43-29-35(19-23-40(43)50(58)59)49(57)52-27-13-8-11-17-46(55)51-26-12-5-6-14-28-60-39-32-38(61-47(56)33-39)22-18-34-15-9-7-10-16-34/h7,9-10,15-16,18-25,29-31,33,38H,5-6,8,11-14,17,26-28,32H2,1-4H3,(H2-,51,52,55,57,58,59)/p+1/b22-18+/t38-/m0/s1. The zero-order valence-electron chi connectivity index (χ0n) is 36.1. The van der Waals surface area contributed by atoms with Crippen molar-refractivity contribution in [3.63, 3.8) is 0 Å². The van der Waals surface area contributed by atoms with Crippen LogP contribution in [0.1, 0.15) is 84.1 Å². The average molecular weight is 842 g/mol. The third kappa shape index (κ3) is 12.2. The van der Waals surface area contributed by atoms with E-state index in [1.165, 1.54) is 12.1 Å². The van der Waals surface area contributed by atoms with Gasteiger partial charge in [0.2, 0.25) is 11.3 Å². The van der Waals surface area contributed by atoms with Crippen molar-refractivity contribution in [2.24, 2.45) is 0 Å². The molecule has 0 unspecified atom stereocenters. The number of cyclic esters (lactones) is 1. The summed E-state index contributed by atoms with van der Waals surface area (Å²) >= 11 is 0. The van der Waals surface area contributed by atoms with Crippen LogP contribution in [0.5, 0.6) is 0 Å². The number of carboxylic acid groups (broad SMARTS) is 1. The number of amides is 2. The number of fused-ring (bicyclic) bond motifs is 2. The molecule has 2 amide bonds. The minimum absolute atomic E-state index is 0.0139. The molecule has 0 radical (unpaired) electrons. The Morgan fingerprint density at radius 3 is 2.37 bits per heavy atom. The van der Waals surface area contributed by atoms with E-state index in [1.807, 2.05) is 117 Å². The number of carboxylic acids is 1. The summed E-state index contributed by atoms with van der Waals surface area (Å²) in [5.74, 6) is -0.543. The summed E-state index contributed by atoms with van der Waals surface area (Å²) in [6.45, 7) is 1.56. The van der Waals surface area contributed by atoms with Crippen LogP contribution in [-0.2, 0) is 19.1 Å². The zero-order valence-corrected chi connectivity index (χ0v) is 36.1. The first-order chi connectivity index (χ1) is 30.0. The van der Waals surface area contributed by atoms with E-state index in [4.69, 9.17) is 13.9 Å². The highest BCUT2D eigenvalue weighted by Gasteiger charge is 2.24. The lowest BCUT2D eigenvalue weighted by Crippen LogP contribution is -2.25. The van der Waals surface area contributed by atoms with Gasteiger partial charge in [0.1, 0.15) is 37.3 Å². The second-order valence-corrected chi connectivity index (χ2v) is 15.9. The van der Waals surface area contributed by atoms with Crippen LogP contribution >= 0.6 is 0 Å². The lowest BCUT2D eigenvalue weighted by atomic mass is 9.89. The number of rotatable bonds is 20. The minimum Gasteiger partial charge on any atom is -0.498 e. The average Bonchev–Trinajstić information content (AvgIpc) is 3.26. The van der Waals surface area contributed by atoms with Crippen molar-refractivity contribution in [2.75, 3.05) is 52.8 Å². The maximum atomic E-state index is 13.4. The van der Waals surface area contributed by atoms with Gasteiger partial charge in [0, 0.05) is 79.9 Å². The Labute approximate surface area is 362 Å². The molecule has 12 nitrogen and oxygen atoms in total. The number of ether oxygens (including phenoxy) is 2. The number of carbonyl (C=O) groups is 4. The van der Waals surface area contributed by atoms with Gasteiger partial charge in [0.15, 0.2) is 0 Å². The molecule has 0 fully saturated rings. The predicted octanol–water partition coefficient (Wildman–Crippen LogP) is 7.90. The maximum absolute atomic E-state index is 13.4. The first kappa shape index (κ1) is 44.9. The van der Waals surface area contributed by atoms with Gasteiger partial charge < -0.3 is 34.5 Å². The first-order valence-corrected chi connectivity index (χ1v) is 21.3. The molecule has 3 aromatic carbocycles. The second kappa shape index (κ2) is 21.7. The summed E-state index contributed by atoms with van der Waals surface area (Å²) in [5, 5.41) is 17.9. The highest BCUT2D eigenvalue weighted by atomic mass is 16.6. The van der Waals surface area contributed by atoms with E-state index >= 15 is 0 Å². The molecule has 62 heavy (non-hydrogen) atoms. The van der Waals surface area contributed by atoms with Crippen LogP contribution in [0.15, 0.2) is 107 Å². The Morgan fingerprint density at radius 2 is 1.61 bits per heavy atom. The number of unbranched alkanes of at least 4 members (excludes halogenated alkanes) is 5. The van der Waals surface area contributed by atoms with Crippen molar-refractivity contribution in [1.82, 2.24) is 15.2 Å². The van der Waals surface area contributed by atoms with Gasteiger partial charge in [-0.25, -0.2) is 14.2 Å². The number of carbonyl (C=O) groups excluding carboxylic acids is 3. The van der Waals surface area contributed by atoms with Crippen LogP contribution < -0.4 is 25.5 Å². The maximum Gasteiger partial charge on any atom is 0.336 e. The third-order valence-electron chi connectivity index (χ3n) is 10.8. The zero-order chi connectivity index (χ0) is 44.0. The quantitative estimate of drug-likeness (QED) is 0.0308. The number of esters is 1. The number of nitrogens with one attached hydrogen (secondary N) is 2. The molecule has 0 saturated heterocycles. The van der Waals surface area contributed by atoms with Crippen molar-refractivity contribution >= 4 is 46.5 Å². The van der Waals surface area contributed by atoms with Gasteiger partial charge >= 0.3 is 11.9 Å². The minimum atomic E-state index is -1.10. The van der Waals surface area contributed by atoms with Gasteiger partial charge in [-0.15, -0.1) is 0 Å². The van der Waals surface area contributed by atoms with Gasteiger partial charge in [0.05, 0.1) is 24.3 Å².